The van der Waals surface area contributed by atoms with E-state index in [1.807, 2.05) is 0 Å². The SMILES string of the molecule is CC(=O)c1cccc(NC(=O)c2cc(C)nc3c2c(=O)n(C)c(=O)n3C)c1. The fourth-order valence-electron chi connectivity index (χ4n) is 2.87. The minimum absolute atomic E-state index is 0.0606. The van der Waals surface area contributed by atoms with Gasteiger partial charge in [0.25, 0.3) is 11.5 Å². The predicted molar refractivity (Wildman–Crippen MR) is 101 cm³/mol. The number of amides is 1. The average molecular weight is 366 g/mol. The molecule has 0 spiro atoms. The van der Waals surface area contributed by atoms with Gasteiger partial charge in [0.05, 0.1) is 10.9 Å². The fourth-order valence-corrected chi connectivity index (χ4v) is 2.87. The lowest BCUT2D eigenvalue weighted by Crippen LogP contribution is -2.38. The molecular weight excluding hydrogens is 348 g/mol. The molecule has 0 saturated carbocycles. The Bertz CT molecular complexity index is 1220. The first-order valence-electron chi connectivity index (χ1n) is 8.20. The highest BCUT2D eigenvalue weighted by Crippen LogP contribution is 2.17. The number of hydrogen-bond acceptors (Lipinski definition) is 5. The lowest BCUT2D eigenvalue weighted by atomic mass is 10.1. The zero-order valence-electron chi connectivity index (χ0n) is 15.4. The zero-order chi connectivity index (χ0) is 19.9. The monoisotopic (exact) mass is 366 g/mol. The number of nitrogens with zero attached hydrogens (tertiary/aromatic N) is 3. The number of anilines is 1. The molecule has 0 aliphatic carbocycles. The summed E-state index contributed by atoms with van der Waals surface area (Å²) < 4.78 is 2.17. The Morgan fingerprint density at radius 2 is 1.78 bits per heavy atom. The van der Waals surface area contributed by atoms with Crippen molar-refractivity contribution in [3.8, 4) is 0 Å². The summed E-state index contributed by atoms with van der Waals surface area (Å²) in [4.78, 5) is 53.4. The summed E-state index contributed by atoms with van der Waals surface area (Å²) in [5, 5.41) is 2.76. The molecule has 0 aliphatic rings. The highest BCUT2D eigenvalue weighted by molar-refractivity contribution is 6.12. The average Bonchev–Trinajstić information content (AvgIpc) is 2.64. The Hall–Kier alpha value is -3.55. The summed E-state index contributed by atoms with van der Waals surface area (Å²) in [6.07, 6.45) is 0. The molecule has 1 N–H and O–H groups in total. The van der Waals surface area contributed by atoms with Crippen LogP contribution in [0, 0.1) is 6.92 Å². The third-order valence-electron chi connectivity index (χ3n) is 4.31. The van der Waals surface area contributed by atoms with Gasteiger partial charge in [0.15, 0.2) is 5.78 Å². The van der Waals surface area contributed by atoms with Crippen molar-refractivity contribution in [3.05, 3.63) is 68.0 Å². The van der Waals surface area contributed by atoms with E-state index in [0.29, 0.717) is 16.9 Å². The van der Waals surface area contributed by atoms with Crippen LogP contribution in [-0.2, 0) is 14.1 Å². The van der Waals surface area contributed by atoms with Crippen LogP contribution in [0.15, 0.2) is 39.9 Å². The first-order valence-corrected chi connectivity index (χ1v) is 8.20. The van der Waals surface area contributed by atoms with Crippen LogP contribution >= 0.6 is 0 Å². The standard InChI is InChI=1S/C19H18N4O4/c1-10-8-14(15-16(20-10)22(3)19(27)23(4)18(15)26)17(25)21-13-7-5-6-12(9-13)11(2)24/h5-9H,1-4H3,(H,21,25). The van der Waals surface area contributed by atoms with E-state index in [2.05, 4.69) is 10.3 Å². The molecule has 2 heterocycles. The van der Waals surface area contributed by atoms with Crippen molar-refractivity contribution in [3.63, 3.8) is 0 Å². The number of ketones is 1. The van der Waals surface area contributed by atoms with Gasteiger partial charge in [-0.1, -0.05) is 12.1 Å². The Kier molecular flexibility index (Phi) is 4.49. The second kappa shape index (κ2) is 6.64. The van der Waals surface area contributed by atoms with Crippen LogP contribution in [0.1, 0.15) is 33.3 Å². The molecule has 0 aliphatic heterocycles. The molecular formula is C19H18N4O4. The van der Waals surface area contributed by atoms with E-state index in [0.717, 1.165) is 4.57 Å². The van der Waals surface area contributed by atoms with E-state index >= 15 is 0 Å². The molecule has 0 fully saturated rings. The Balaban J connectivity index is 2.18. The summed E-state index contributed by atoms with van der Waals surface area (Å²) in [6, 6.07) is 8.01. The number of aromatic nitrogens is 3. The van der Waals surface area contributed by atoms with Gasteiger partial charge in [-0.25, -0.2) is 9.78 Å². The van der Waals surface area contributed by atoms with Crippen molar-refractivity contribution in [1.29, 1.82) is 0 Å². The van der Waals surface area contributed by atoms with E-state index in [9.17, 15) is 19.2 Å². The van der Waals surface area contributed by atoms with Crippen molar-refractivity contribution >= 4 is 28.4 Å². The number of carbonyl (C=O) groups is 2. The molecule has 0 atom stereocenters. The summed E-state index contributed by atoms with van der Waals surface area (Å²) in [5.41, 5.74) is 0.522. The Labute approximate surface area is 154 Å². The molecule has 2 aromatic heterocycles. The van der Waals surface area contributed by atoms with Crippen molar-refractivity contribution in [1.82, 2.24) is 14.1 Å². The minimum Gasteiger partial charge on any atom is -0.322 e. The van der Waals surface area contributed by atoms with E-state index in [-0.39, 0.29) is 22.4 Å². The number of nitrogens with one attached hydrogen (secondary N) is 1. The molecule has 1 aromatic carbocycles. The number of aryl methyl sites for hydroxylation is 2. The van der Waals surface area contributed by atoms with Gasteiger partial charge < -0.3 is 5.32 Å². The molecule has 8 heteroatoms. The lowest BCUT2D eigenvalue weighted by Gasteiger charge is -2.12. The van der Waals surface area contributed by atoms with Crippen LogP contribution in [0.3, 0.4) is 0 Å². The van der Waals surface area contributed by atoms with Gasteiger partial charge in [-0.05, 0) is 32.0 Å². The highest BCUT2D eigenvalue weighted by Gasteiger charge is 2.19. The van der Waals surface area contributed by atoms with Gasteiger partial charge in [-0.15, -0.1) is 0 Å². The van der Waals surface area contributed by atoms with Crippen LogP contribution in [0.5, 0.6) is 0 Å². The fraction of sp³-hybridized carbons (Fsp3) is 0.211. The zero-order valence-corrected chi connectivity index (χ0v) is 15.4. The second-order valence-electron chi connectivity index (χ2n) is 6.31. The van der Waals surface area contributed by atoms with Gasteiger partial charge in [0, 0.05) is 31.0 Å². The van der Waals surface area contributed by atoms with E-state index < -0.39 is 17.2 Å². The van der Waals surface area contributed by atoms with Crippen molar-refractivity contribution in [2.24, 2.45) is 14.1 Å². The summed E-state index contributed by atoms with van der Waals surface area (Å²) in [6.45, 7) is 3.11. The lowest BCUT2D eigenvalue weighted by molar-refractivity contribution is 0.101. The van der Waals surface area contributed by atoms with E-state index in [4.69, 9.17) is 0 Å². The first-order chi connectivity index (χ1) is 12.7. The van der Waals surface area contributed by atoms with Crippen molar-refractivity contribution in [2.75, 3.05) is 5.32 Å². The minimum atomic E-state index is -0.594. The third kappa shape index (κ3) is 3.17. The van der Waals surface area contributed by atoms with Crippen LogP contribution in [0.25, 0.3) is 11.0 Å². The topological polar surface area (TPSA) is 103 Å². The summed E-state index contributed by atoms with van der Waals surface area (Å²) in [5.74, 6) is -0.651. The highest BCUT2D eigenvalue weighted by atomic mass is 16.2. The number of pyridine rings is 1. The quantitative estimate of drug-likeness (QED) is 0.706. The molecule has 0 unspecified atom stereocenters. The van der Waals surface area contributed by atoms with Gasteiger partial charge in [-0.2, -0.15) is 0 Å². The maximum Gasteiger partial charge on any atom is 0.332 e. The number of rotatable bonds is 3. The molecule has 27 heavy (non-hydrogen) atoms. The van der Waals surface area contributed by atoms with Gasteiger partial charge in [-0.3, -0.25) is 23.5 Å². The number of carbonyl (C=O) groups excluding carboxylic acids is 2. The van der Waals surface area contributed by atoms with Gasteiger partial charge in [0.1, 0.15) is 5.65 Å². The Morgan fingerprint density at radius 1 is 1.07 bits per heavy atom. The molecule has 8 nitrogen and oxygen atoms in total. The van der Waals surface area contributed by atoms with Crippen LogP contribution in [0.4, 0.5) is 5.69 Å². The maximum atomic E-state index is 12.9. The van der Waals surface area contributed by atoms with Crippen molar-refractivity contribution in [2.45, 2.75) is 13.8 Å². The number of Topliss-reactive ketones (excluding diaryl/α,β-unsaturated/α-hetero) is 1. The maximum absolute atomic E-state index is 12.9. The van der Waals surface area contributed by atoms with Gasteiger partial charge in [0.2, 0.25) is 0 Å². The first kappa shape index (κ1) is 18.2. The molecule has 0 bridgehead atoms. The second-order valence-corrected chi connectivity index (χ2v) is 6.31. The molecule has 1 amide bonds. The summed E-state index contributed by atoms with van der Waals surface area (Å²) >= 11 is 0. The molecule has 138 valence electrons. The normalized spacial score (nSPS) is 10.8. The molecule has 0 saturated heterocycles. The number of hydrogen-bond donors (Lipinski definition) is 1. The smallest absolute Gasteiger partial charge is 0.322 e. The van der Waals surface area contributed by atoms with Crippen molar-refractivity contribution < 1.29 is 9.59 Å². The predicted octanol–water partition coefficient (Wildman–Crippen LogP) is 1.40. The Morgan fingerprint density at radius 3 is 2.44 bits per heavy atom. The summed E-state index contributed by atoms with van der Waals surface area (Å²) in [7, 11) is 2.84. The third-order valence-corrected chi connectivity index (χ3v) is 4.31. The molecule has 3 rings (SSSR count). The van der Waals surface area contributed by atoms with E-state index in [1.165, 1.54) is 31.7 Å². The van der Waals surface area contributed by atoms with E-state index in [1.54, 1.807) is 31.2 Å². The van der Waals surface area contributed by atoms with Crippen LogP contribution in [-0.4, -0.2) is 25.8 Å². The van der Waals surface area contributed by atoms with Crippen LogP contribution in [0.2, 0.25) is 0 Å². The molecule has 3 aromatic rings. The van der Waals surface area contributed by atoms with Crippen LogP contribution < -0.4 is 16.6 Å². The van der Waals surface area contributed by atoms with Gasteiger partial charge >= 0.3 is 5.69 Å². The number of fused-ring (bicyclic) bond motifs is 1. The number of benzene rings is 1. The molecule has 0 radical (unpaired) electrons. The largest absolute Gasteiger partial charge is 0.332 e.